The molecule has 2 amide bonds. The molecular formula is C29H35N3O4S. The summed E-state index contributed by atoms with van der Waals surface area (Å²) in [4.78, 5) is 28.6. The Bertz CT molecular complexity index is 1340. The maximum absolute atomic E-state index is 14.0. The van der Waals surface area contributed by atoms with Gasteiger partial charge >= 0.3 is 0 Å². The lowest BCUT2D eigenvalue weighted by Gasteiger charge is -2.33. The van der Waals surface area contributed by atoms with Gasteiger partial charge in [-0.2, -0.15) is 0 Å². The lowest BCUT2D eigenvalue weighted by atomic mass is 10.0. The number of rotatable bonds is 10. The second kappa shape index (κ2) is 12.1. The van der Waals surface area contributed by atoms with Gasteiger partial charge < -0.3 is 10.2 Å². The first-order chi connectivity index (χ1) is 17.5. The third-order valence-corrected chi connectivity index (χ3v) is 7.43. The molecular weight excluding hydrogens is 486 g/mol. The van der Waals surface area contributed by atoms with Gasteiger partial charge in [0.1, 0.15) is 12.6 Å². The standard InChI is InChI=1S/C29H35N3O4S/c1-21-15-22(2)17-26(16-21)32(37(5,35)36)20-28(33)31(19-25-14-10-9-11-23(25)3)27(29(34)30-4)18-24-12-7-6-8-13-24/h6-17,27H,18-20H2,1-5H3,(H,30,34). The summed E-state index contributed by atoms with van der Waals surface area (Å²) in [6.45, 7) is 5.45. The Labute approximate surface area is 220 Å². The zero-order valence-corrected chi connectivity index (χ0v) is 22.9. The van der Waals surface area contributed by atoms with Gasteiger partial charge in [0.15, 0.2) is 0 Å². The van der Waals surface area contributed by atoms with Gasteiger partial charge in [-0.25, -0.2) is 8.42 Å². The molecule has 1 N–H and O–H groups in total. The van der Waals surface area contributed by atoms with Gasteiger partial charge in [-0.05, 0) is 60.7 Å². The van der Waals surface area contributed by atoms with Gasteiger partial charge in [-0.1, -0.05) is 60.7 Å². The minimum Gasteiger partial charge on any atom is -0.357 e. The molecule has 0 saturated heterocycles. The number of hydrogen-bond acceptors (Lipinski definition) is 4. The van der Waals surface area contributed by atoms with Gasteiger partial charge in [0.2, 0.25) is 21.8 Å². The van der Waals surface area contributed by atoms with E-state index in [9.17, 15) is 18.0 Å². The normalized spacial score (nSPS) is 12.0. The third-order valence-electron chi connectivity index (χ3n) is 6.29. The van der Waals surface area contributed by atoms with E-state index in [1.807, 2.05) is 81.4 Å². The fraction of sp³-hybridized carbons (Fsp3) is 0.310. The first-order valence-corrected chi connectivity index (χ1v) is 14.0. The van der Waals surface area contributed by atoms with E-state index in [1.54, 1.807) is 12.1 Å². The number of carbonyl (C=O) groups excluding carboxylic acids is 2. The molecule has 0 heterocycles. The predicted molar refractivity (Wildman–Crippen MR) is 148 cm³/mol. The highest BCUT2D eigenvalue weighted by molar-refractivity contribution is 7.92. The van der Waals surface area contributed by atoms with Gasteiger partial charge in [-0.3, -0.25) is 13.9 Å². The van der Waals surface area contributed by atoms with E-state index in [4.69, 9.17) is 0 Å². The van der Waals surface area contributed by atoms with Crippen LogP contribution in [-0.4, -0.2) is 51.0 Å². The van der Waals surface area contributed by atoms with Crippen LogP contribution in [0.5, 0.6) is 0 Å². The number of likely N-dealkylation sites (N-methyl/N-ethyl adjacent to an activating group) is 1. The zero-order chi connectivity index (χ0) is 27.2. The van der Waals surface area contributed by atoms with Crippen LogP contribution < -0.4 is 9.62 Å². The van der Waals surface area contributed by atoms with E-state index in [1.165, 1.54) is 11.9 Å². The molecule has 0 aromatic heterocycles. The van der Waals surface area contributed by atoms with Crippen LogP contribution in [0, 0.1) is 20.8 Å². The Hall–Kier alpha value is -3.65. The maximum Gasteiger partial charge on any atom is 0.244 e. The summed E-state index contributed by atoms with van der Waals surface area (Å²) in [5.74, 6) is -0.777. The van der Waals surface area contributed by atoms with Crippen molar-refractivity contribution in [3.8, 4) is 0 Å². The molecule has 3 aromatic rings. The molecule has 0 fully saturated rings. The van der Waals surface area contributed by atoms with Crippen LogP contribution in [0.1, 0.15) is 27.8 Å². The van der Waals surface area contributed by atoms with Crippen molar-refractivity contribution in [2.24, 2.45) is 0 Å². The molecule has 0 radical (unpaired) electrons. The number of aryl methyl sites for hydroxylation is 3. The number of sulfonamides is 1. The lowest BCUT2D eigenvalue weighted by Crippen LogP contribution is -2.53. The summed E-state index contributed by atoms with van der Waals surface area (Å²) < 4.78 is 26.8. The number of nitrogens with one attached hydrogen (secondary N) is 1. The first-order valence-electron chi connectivity index (χ1n) is 12.1. The van der Waals surface area contributed by atoms with E-state index < -0.39 is 28.5 Å². The van der Waals surface area contributed by atoms with Crippen molar-refractivity contribution in [3.63, 3.8) is 0 Å². The molecule has 1 atom stereocenters. The van der Waals surface area contributed by atoms with Crippen LogP contribution in [0.4, 0.5) is 5.69 Å². The van der Waals surface area contributed by atoms with Crippen molar-refractivity contribution >= 4 is 27.5 Å². The Morgan fingerprint density at radius 1 is 0.892 bits per heavy atom. The van der Waals surface area contributed by atoms with Crippen LogP contribution in [0.2, 0.25) is 0 Å². The van der Waals surface area contributed by atoms with Crippen LogP contribution in [0.15, 0.2) is 72.8 Å². The molecule has 0 spiro atoms. The fourth-order valence-corrected chi connectivity index (χ4v) is 5.23. The van der Waals surface area contributed by atoms with Gasteiger partial charge in [0.05, 0.1) is 11.9 Å². The summed E-state index contributed by atoms with van der Waals surface area (Å²) >= 11 is 0. The highest BCUT2D eigenvalue weighted by Crippen LogP contribution is 2.23. The Balaban J connectivity index is 2.06. The van der Waals surface area contributed by atoms with Crippen LogP contribution in [-0.2, 0) is 32.6 Å². The average molecular weight is 522 g/mol. The van der Waals surface area contributed by atoms with Crippen molar-refractivity contribution in [3.05, 3.63) is 101 Å². The monoisotopic (exact) mass is 521 g/mol. The number of carbonyl (C=O) groups is 2. The first kappa shape index (κ1) is 27.9. The fourth-order valence-electron chi connectivity index (χ4n) is 4.40. The van der Waals surface area contributed by atoms with E-state index in [2.05, 4.69) is 5.32 Å². The molecule has 37 heavy (non-hydrogen) atoms. The van der Waals surface area contributed by atoms with Crippen molar-refractivity contribution in [2.75, 3.05) is 24.2 Å². The van der Waals surface area contributed by atoms with E-state index in [-0.39, 0.29) is 12.5 Å². The zero-order valence-electron chi connectivity index (χ0n) is 22.1. The smallest absolute Gasteiger partial charge is 0.244 e. The highest BCUT2D eigenvalue weighted by atomic mass is 32.2. The number of hydrogen-bond donors (Lipinski definition) is 1. The van der Waals surface area contributed by atoms with Crippen molar-refractivity contribution in [1.82, 2.24) is 10.2 Å². The Morgan fingerprint density at radius 3 is 2.05 bits per heavy atom. The minimum atomic E-state index is -3.79. The molecule has 0 aliphatic rings. The Morgan fingerprint density at radius 2 is 1.49 bits per heavy atom. The topological polar surface area (TPSA) is 86.8 Å². The van der Waals surface area contributed by atoms with Crippen LogP contribution in [0.3, 0.4) is 0 Å². The Kier molecular flexibility index (Phi) is 9.10. The van der Waals surface area contributed by atoms with Crippen molar-refractivity contribution in [2.45, 2.75) is 39.8 Å². The quantitative estimate of drug-likeness (QED) is 0.440. The largest absolute Gasteiger partial charge is 0.357 e. The molecule has 7 nitrogen and oxygen atoms in total. The van der Waals surface area contributed by atoms with E-state index >= 15 is 0 Å². The summed E-state index contributed by atoms with van der Waals surface area (Å²) in [5.41, 5.74) is 4.96. The minimum absolute atomic E-state index is 0.168. The lowest BCUT2D eigenvalue weighted by molar-refractivity contribution is -0.139. The van der Waals surface area contributed by atoms with Crippen molar-refractivity contribution in [1.29, 1.82) is 0 Å². The SMILES string of the molecule is CNC(=O)C(Cc1ccccc1)N(Cc1ccccc1C)C(=O)CN(c1cc(C)cc(C)c1)S(C)(=O)=O. The third kappa shape index (κ3) is 7.43. The molecule has 3 aromatic carbocycles. The second-order valence-corrected chi connectivity index (χ2v) is 11.3. The summed E-state index contributed by atoms with van der Waals surface area (Å²) in [5, 5.41) is 2.69. The molecule has 0 bridgehead atoms. The van der Waals surface area contributed by atoms with Gasteiger partial charge in [0, 0.05) is 20.0 Å². The van der Waals surface area contributed by atoms with Crippen LogP contribution in [0.25, 0.3) is 0 Å². The van der Waals surface area contributed by atoms with Crippen molar-refractivity contribution < 1.29 is 18.0 Å². The number of amides is 2. The molecule has 0 saturated carbocycles. The highest BCUT2D eigenvalue weighted by Gasteiger charge is 2.32. The van der Waals surface area contributed by atoms with Gasteiger partial charge in [-0.15, -0.1) is 0 Å². The second-order valence-electron chi connectivity index (χ2n) is 9.38. The number of nitrogens with zero attached hydrogens (tertiary/aromatic N) is 2. The molecule has 0 aliphatic heterocycles. The summed E-state index contributed by atoms with van der Waals surface area (Å²) in [7, 11) is -2.25. The van der Waals surface area contributed by atoms with Crippen LogP contribution >= 0.6 is 0 Å². The average Bonchev–Trinajstić information content (AvgIpc) is 2.84. The number of anilines is 1. The van der Waals surface area contributed by atoms with E-state index in [0.717, 1.165) is 38.4 Å². The summed E-state index contributed by atoms with van der Waals surface area (Å²) in [6, 6.07) is 21.7. The molecule has 3 rings (SSSR count). The molecule has 8 heteroatoms. The number of benzene rings is 3. The molecule has 196 valence electrons. The molecule has 0 aliphatic carbocycles. The summed E-state index contributed by atoms with van der Waals surface area (Å²) in [6.07, 6.45) is 1.38. The molecule has 1 unspecified atom stereocenters. The predicted octanol–water partition coefficient (Wildman–Crippen LogP) is 3.76. The van der Waals surface area contributed by atoms with E-state index in [0.29, 0.717) is 12.1 Å². The maximum atomic E-state index is 14.0. The van der Waals surface area contributed by atoms with Gasteiger partial charge in [0.25, 0.3) is 0 Å².